The summed E-state index contributed by atoms with van der Waals surface area (Å²) in [4.78, 5) is 12.3. The number of sulfonamides is 1. The number of alkyl halides is 2. The fourth-order valence-electron chi connectivity index (χ4n) is 2.68. The summed E-state index contributed by atoms with van der Waals surface area (Å²) >= 11 is 0.362. The van der Waals surface area contributed by atoms with E-state index in [0.29, 0.717) is 22.3 Å². The van der Waals surface area contributed by atoms with Crippen LogP contribution in [0.3, 0.4) is 0 Å². The summed E-state index contributed by atoms with van der Waals surface area (Å²) in [6.07, 6.45) is 1.35. The van der Waals surface area contributed by atoms with Crippen LogP contribution < -0.4 is 5.32 Å². The molecule has 1 amide bonds. The van der Waals surface area contributed by atoms with Crippen molar-refractivity contribution in [1.29, 1.82) is 0 Å². The van der Waals surface area contributed by atoms with Crippen molar-refractivity contribution in [2.45, 2.75) is 22.1 Å². The Labute approximate surface area is 181 Å². The van der Waals surface area contributed by atoms with Gasteiger partial charge in [0.15, 0.2) is 0 Å². The van der Waals surface area contributed by atoms with Gasteiger partial charge in [-0.1, -0.05) is 23.9 Å². The Morgan fingerprint density at radius 3 is 2.39 bits per heavy atom. The average molecular weight is 470 g/mol. The molecule has 0 spiro atoms. The Hall–Kier alpha value is -2.76. The number of amides is 1. The largest absolute Gasteiger partial charge is 0.468 e. The van der Waals surface area contributed by atoms with Crippen LogP contribution in [-0.2, 0) is 21.4 Å². The van der Waals surface area contributed by atoms with Gasteiger partial charge in [0, 0.05) is 10.6 Å². The molecule has 11 heteroatoms. The molecule has 0 atom stereocenters. The van der Waals surface area contributed by atoms with Gasteiger partial charge in [0.2, 0.25) is 15.9 Å². The van der Waals surface area contributed by atoms with Crippen molar-refractivity contribution in [2.75, 3.05) is 11.9 Å². The minimum atomic E-state index is -4.36. The number of halogens is 3. The molecule has 3 rings (SSSR count). The Balaban J connectivity index is 1.78. The van der Waals surface area contributed by atoms with E-state index in [-0.39, 0.29) is 12.3 Å². The van der Waals surface area contributed by atoms with Crippen LogP contribution >= 0.6 is 11.8 Å². The Bertz CT molecular complexity index is 1120. The highest BCUT2D eigenvalue weighted by atomic mass is 32.2. The van der Waals surface area contributed by atoms with Crippen LogP contribution in [0.4, 0.5) is 18.9 Å². The third kappa shape index (κ3) is 6.12. The highest BCUT2D eigenvalue weighted by Crippen LogP contribution is 2.26. The molecule has 0 unspecified atom stereocenters. The van der Waals surface area contributed by atoms with Gasteiger partial charge in [-0.05, 0) is 48.5 Å². The van der Waals surface area contributed by atoms with E-state index < -0.39 is 38.9 Å². The second-order valence-corrected chi connectivity index (χ2v) is 9.20. The number of carbonyl (C=O) groups excluding carboxylic acids is 1. The fraction of sp³-hybridized carbons (Fsp3) is 0.150. The van der Waals surface area contributed by atoms with E-state index in [0.717, 1.165) is 16.4 Å². The molecule has 2 aromatic carbocycles. The highest BCUT2D eigenvalue weighted by molar-refractivity contribution is 7.99. The highest BCUT2D eigenvalue weighted by Gasteiger charge is 2.30. The van der Waals surface area contributed by atoms with Gasteiger partial charge in [0.25, 0.3) is 5.76 Å². The third-order valence-electron chi connectivity index (χ3n) is 4.05. The van der Waals surface area contributed by atoms with Crippen molar-refractivity contribution < 1.29 is 30.8 Å². The van der Waals surface area contributed by atoms with E-state index in [4.69, 9.17) is 4.42 Å². The Morgan fingerprint density at radius 2 is 1.77 bits per heavy atom. The van der Waals surface area contributed by atoms with Crippen LogP contribution in [-0.4, -0.2) is 30.9 Å². The van der Waals surface area contributed by atoms with Crippen LogP contribution in [0.5, 0.6) is 0 Å². The molecule has 0 radical (unpaired) electrons. The van der Waals surface area contributed by atoms with Crippen LogP contribution in [0.15, 0.2) is 81.1 Å². The zero-order valence-electron chi connectivity index (χ0n) is 15.9. The van der Waals surface area contributed by atoms with Gasteiger partial charge in [-0.25, -0.2) is 12.8 Å². The standard InChI is InChI=1S/C20H17F3N2O4S2/c21-17-5-1-2-6-18(17)31(27,28)25(12-15-4-3-11-29-15)13-19(26)24-14-7-9-16(10-8-14)30-20(22)23/h1-11,20H,12-13H2,(H,24,26). The zero-order chi connectivity index (χ0) is 22.4. The van der Waals surface area contributed by atoms with Crippen LogP contribution in [0.1, 0.15) is 5.76 Å². The molecule has 0 fully saturated rings. The predicted octanol–water partition coefficient (Wildman–Crippen LogP) is 4.56. The molecule has 0 aliphatic heterocycles. The number of nitrogens with one attached hydrogen (secondary N) is 1. The first-order valence-corrected chi connectivity index (χ1v) is 11.2. The minimum Gasteiger partial charge on any atom is -0.468 e. The number of furan rings is 1. The van der Waals surface area contributed by atoms with Gasteiger partial charge in [0.1, 0.15) is 16.5 Å². The molecule has 0 bridgehead atoms. The number of carbonyl (C=O) groups is 1. The van der Waals surface area contributed by atoms with Crippen molar-refractivity contribution >= 4 is 33.4 Å². The number of nitrogens with zero attached hydrogens (tertiary/aromatic N) is 1. The SMILES string of the molecule is O=C(CN(Cc1ccco1)S(=O)(=O)c1ccccc1F)Nc1ccc(SC(F)F)cc1. The number of benzene rings is 2. The van der Waals surface area contributed by atoms with Crippen molar-refractivity contribution in [3.63, 3.8) is 0 Å². The maximum absolute atomic E-state index is 14.2. The molecular formula is C20H17F3N2O4S2. The van der Waals surface area contributed by atoms with Gasteiger partial charge in [-0.3, -0.25) is 4.79 Å². The summed E-state index contributed by atoms with van der Waals surface area (Å²) < 4.78 is 70.9. The molecule has 1 aromatic heterocycles. The number of anilines is 1. The first kappa shape index (κ1) is 22.9. The van der Waals surface area contributed by atoms with Crippen molar-refractivity contribution in [3.05, 3.63) is 78.5 Å². The van der Waals surface area contributed by atoms with Gasteiger partial charge >= 0.3 is 0 Å². The van der Waals surface area contributed by atoms with E-state index in [1.807, 2.05) is 0 Å². The maximum atomic E-state index is 14.2. The molecule has 0 saturated carbocycles. The molecule has 3 aromatic rings. The third-order valence-corrected chi connectivity index (χ3v) is 6.60. The minimum absolute atomic E-state index is 0.265. The van der Waals surface area contributed by atoms with Gasteiger partial charge in [-0.15, -0.1) is 0 Å². The Kier molecular flexibility index (Phi) is 7.42. The van der Waals surface area contributed by atoms with Gasteiger partial charge in [0.05, 0.1) is 19.4 Å². The lowest BCUT2D eigenvalue weighted by Crippen LogP contribution is -2.37. The molecule has 164 valence electrons. The summed E-state index contributed by atoms with van der Waals surface area (Å²) in [5.41, 5.74) is 0.296. The second-order valence-electron chi connectivity index (χ2n) is 6.23. The molecule has 1 heterocycles. The lowest BCUT2D eigenvalue weighted by atomic mass is 10.3. The number of hydrogen-bond donors (Lipinski definition) is 1. The van der Waals surface area contributed by atoms with Crippen molar-refractivity contribution in [3.8, 4) is 0 Å². The Morgan fingerprint density at radius 1 is 1.06 bits per heavy atom. The molecule has 0 saturated heterocycles. The van der Waals surface area contributed by atoms with Crippen molar-refractivity contribution in [1.82, 2.24) is 4.31 Å². The number of hydrogen-bond acceptors (Lipinski definition) is 5. The summed E-state index contributed by atoms with van der Waals surface area (Å²) in [5.74, 6) is -3.94. The summed E-state index contributed by atoms with van der Waals surface area (Å²) in [6, 6.07) is 13.6. The van der Waals surface area contributed by atoms with Crippen LogP contribution in [0, 0.1) is 5.82 Å². The van der Waals surface area contributed by atoms with Crippen molar-refractivity contribution in [2.24, 2.45) is 0 Å². The molecular weight excluding hydrogens is 453 g/mol. The smallest absolute Gasteiger partial charge is 0.288 e. The molecule has 31 heavy (non-hydrogen) atoms. The van der Waals surface area contributed by atoms with Gasteiger partial charge in [-0.2, -0.15) is 13.1 Å². The van der Waals surface area contributed by atoms with E-state index in [1.54, 1.807) is 6.07 Å². The number of thioether (sulfide) groups is 1. The molecule has 0 aliphatic carbocycles. The maximum Gasteiger partial charge on any atom is 0.288 e. The van der Waals surface area contributed by atoms with Crippen LogP contribution in [0.25, 0.3) is 0 Å². The normalized spacial score (nSPS) is 11.8. The monoisotopic (exact) mass is 470 g/mol. The van der Waals surface area contributed by atoms with E-state index >= 15 is 0 Å². The predicted molar refractivity (Wildman–Crippen MR) is 110 cm³/mol. The molecule has 0 aliphatic rings. The second kappa shape index (κ2) is 10.0. The number of rotatable bonds is 9. The van der Waals surface area contributed by atoms with E-state index in [9.17, 15) is 26.4 Å². The van der Waals surface area contributed by atoms with Gasteiger partial charge < -0.3 is 9.73 Å². The summed E-state index contributed by atoms with van der Waals surface area (Å²) in [5, 5.41) is 2.50. The average Bonchev–Trinajstić information content (AvgIpc) is 3.22. The van der Waals surface area contributed by atoms with E-state index in [1.165, 1.54) is 48.7 Å². The first-order chi connectivity index (χ1) is 14.8. The van der Waals surface area contributed by atoms with E-state index in [2.05, 4.69) is 5.32 Å². The topological polar surface area (TPSA) is 79.6 Å². The van der Waals surface area contributed by atoms with Crippen LogP contribution in [0.2, 0.25) is 0 Å². The lowest BCUT2D eigenvalue weighted by molar-refractivity contribution is -0.116. The molecule has 1 N–H and O–H groups in total. The lowest BCUT2D eigenvalue weighted by Gasteiger charge is -2.21. The fourth-order valence-corrected chi connectivity index (χ4v) is 4.60. The molecule has 6 nitrogen and oxygen atoms in total. The quantitative estimate of drug-likeness (QED) is 0.464. The zero-order valence-corrected chi connectivity index (χ0v) is 17.5. The summed E-state index contributed by atoms with van der Waals surface area (Å²) in [7, 11) is -4.36. The first-order valence-electron chi connectivity index (χ1n) is 8.87. The summed E-state index contributed by atoms with van der Waals surface area (Å²) in [6.45, 7) is -0.911.